The van der Waals surface area contributed by atoms with Crippen molar-refractivity contribution in [3.63, 3.8) is 0 Å². The van der Waals surface area contributed by atoms with E-state index >= 15 is 0 Å². The van der Waals surface area contributed by atoms with E-state index in [-0.39, 0.29) is 18.6 Å². The Morgan fingerprint density at radius 2 is 2.47 bits per heavy atom. The minimum atomic E-state index is -0.251. The zero-order valence-corrected chi connectivity index (χ0v) is 9.53. The summed E-state index contributed by atoms with van der Waals surface area (Å²) in [5, 5.41) is 12.9. The number of aliphatic hydroxyl groups excluding tert-OH is 1. The lowest BCUT2D eigenvalue weighted by atomic mass is 10.2. The van der Waals surface area contributed by atoms with Gasteiger partial charge in [0.2, 0.25) is 5.91 Å². The molecule has 1 saturated heterocycles. The largest absolute Gasteiger partial charge is 0.394 e. The maximum absolute atomic E-state index is 11.9. The van der Waals surface area contributed by atoms with Gasteiger partial charge < -0.3 is 14.7 Å². The topological polar surface area (TPSA) is 80.5 Å². The van der Waals surface area contributed by atoms with Gasteiger partial charge >= 0.3 is 0 Å². The van der Waals surface area contributed by atoms with Crippen molar-refractivity contribution in [1.82, 2.24) is 19.7 Å². The number of aromatic nitrogens is 3. The number of hydrogen-bond donors (Lipinski definition) is 1. The molecule has 1 unspecified atom stereocenters. The lowest BCUT2D eigenvalue weighted by Crippen LogP contribution is -2.47. The van der Waals surface area contributed by atoms with Gasteiger partial charge in [0.15, 0.2) is 0 Å². The van der Waals surface area contributed by atoms with Crippen molar-refractivity contribution in [2.45, 2.75) is 19.1 Å². The summed E-state index contributed by atoms with van der Waals surface area (Å²) in [6.45, 7) is 2.02. The molecule has 1 N–H and O–H groups in total. The Morgan fingerprint density at radius 1 is 1.59 bits per heavy atom. The van der Waals surface area contributed by atoms with Crippen LogP contribution in [0.5, 0.6) is 0 Å². The second-order valence-corrected chi connectivity index (χ2v) is 3.92. The van der Waals surface area contributed by atoms with E-state index in [0.29, 0.717) is 32.7 Å². The maximum atomic E-state index is 11.9. The Hall–Kier alpha value is -1.47. The highest BCUT2D eigenvalue weighted by atomic mass is 16.5. The third-order valence-electron chi connectivity index (χ3n) is 2.72. The molecule has 7 nitrogen and oxygen atoms in total. The molecule has 17 heavy (non-hydrogen) atoms. The molecule has 1 aliphatic heterocycles. The highest BCUT2D eigenvalue weighted by Gasteiger charge is 2.23. The molecule has 94 valence electrons. The minimum Gasteiger partial charge on any atom is -0.394 e. The van der Waals surface area contributed by atoms with Crippen molar-refractivity contribution in [2.75, 3.05) is 26.3 Å². The quantitative estimate of drug-likeness (QED) is 0.721. The van der Waals surface area contributed by atoms with E-state index < -0.39 is 0 Å². The van der Waals surface area contributed by atoms with Crippen molar-refractivity contribution in [1.29, 1.82) is 0 Å². The summed E-state index contributed by atoms with van der Waals surface area (Å²) in [6.07, 6.45) is 3.17. The molecular formula is C10H16N4O3. The van der Waals surface area contributed by atoms with Crippen LogP contribution in [0.3, 0.4) is 0 Å². The van der Waals surface area contributed by atoms with E-state index in [0.717, 1.165) is 0 Å². The SMILES string of the molecule is O=C(CCn1cncn1)N1CCOC(CO)C1. The minimum absolute atomic E-state index is 0.0488. The fourth-order valence-corrected chi connectivity index (χ4v) is 1.77. The Balaban J connectivity index is 1.79. The molecule has 0 aromatic carbocycles. The van der Waals surface area contributed by atoms with Crippen LogP contribution in [0.2, 0.25) is 0 Å². The molecule has 2 rings (SSSR count). The van der Waals surface area contributed by atoms with Crippen molar-refractivity contribution < 1.29 is 14.6 Å². The van der Waals surface area contributed by atoms with Gasteiger partial charge in [0.1, 0.15) is 12.7 Å². The molecule has 1 amide bonds. The van der Waals surface area contributed by atoms with Crippen LogP contribution in [0, 0.1) is 0 Å². The predicted octanol–water partition coefficient (Wildman–Crippen LogP) is -1.11. The van der Waals surface area contributed by atoms with Gasteiger partial charge in [0.25, 0.3) is 0 Å². The van der Waals surface area contributed by atoms with Crippen molar-refractivity contribution in [3.8, 4) is 0 Å². The van der Waals surface area contributed by atoms with Crippen LogP contribution in [0.15, 0.2) is 12.7 Å². The molecule has 2 heterocycles. The van der Waals surface area contributed by atoms with Crippen LogP contribution in [-0.2, 0) is 16.1 Å². The van der Waals surface area contributed by atoms with Crippen molar-refractivity contribution in [2.24, 2.45) is 0 Å². The molecule has 1 aromatic heterocycles. The zero-order valence-electron chi connectivity index (χ0n) is 9.53. The van der Waals surface area contributed by atoms with E-state index in [9.17, 15) is 4.79 Å². The first-order chi connectivity index (χ1) is 8.29. The summed E-state index contributed by atoms with van der Waals surface area (Å²) < 4.78 is 6.91. The molecule has 1 fully saturated rings. The van der Waals surface area contributed by atoms with Crippen molar-refractivity contribution >= 4 is 5.91 Å². The van der Waals surface area contributed by atoms with Crippen LogP contribution in [0.25, 0.3) is 0 Å². The molecule has 0 bridgehead atoms. The summed E-state index contributed by atoms with van der Waals surface area (Å²) >= 11 is 0. The Labute approximate surface area is 99.0 Å². The average Bonchev–Trinajstić information content (AvgIpc) is 2.89. The van der Waals surface area contributed by atoms with Crippen LogP contribution in [0.4, 0.5) is 0 Å². The number of nitrogens with zero attached hydrogens (tertiary/aromatic N) is 4. The summed E-state index contributed by atoms with van der Waals surface area (Å²) in [5.74, 6) is 0.0576. The van der Waals surface area contributed by atoms with Crippen molar-refractivity contribution in [3.05, 3.63) is 12.7 Å². The first-order valence-electron chi connectivity index (χ1n) is 5.62. The fraction of sp³-hybridized carbons (Fsp3) is 0.700. The number of amides is 1. The number of aliphatic hydroxyl groups is 1. The average molecular weight is 240 g/mol. The summed E-state index contributed by atoms with van der Waals surface area (Å²) in [4.78, 5) is 17.4. The second-order valence-electron chi connectivity index (χ2n) is 3.92. The summed E-state index contributed by atoms with van der Waals surface area (Å²) in [7, 11) is 0. The predicted molar refractivity (Wildman–Crippen MR) is 58.0 cm³/mol. The molecule has 0 aliphatic carbocycles. The molecule has 0 spiro atoms. The normalized spacial score (nSPS) is 20.5. The Bertz CT molecular complexity index is 354. The van der Waals surface area contributed by atoms with E-state index in [1.807, 2.05) is 0 Å². The lowest BCUT2D eigenvalue weighted by molar-refractivity contribution is -0.140. The Morgan fingerprint density at radius 3 is 3.18 bits per heavy atom. The van der Waals surface area contributed by atoms with Gasteiger partial charge in [-0.15, -0.1) is 0 Å². The number of carbonyl (C=O) groups excluding carboxylic acids is 1. The molecular weight excluding hydrogens is 224 g/mol. The number of morpholine rings is 1. The first-order valence-corrected chi connectivity index (χ1v) is 5.62. The van der Waals surface area contributed by atoms with E-state index in [1.165, 1.54) is 6.33 Å². The molecule has 0 radical (unpaired) electrons. The van der Waals surface area contributed by atoms with Crippen LogP contribution >= 0.6 is 0 Å². The molecule has 0 saturated carbocycles. The van der Waals surface area contributed by atoms with Gasteiger partial charge in [-0.05, 0) is 0 Å². The van der Waals surface area contributed by atoms with Gasteiger partial charge in [-0.1, -0.05) is 0 Å². The monoisotopic (exact) mass is 240 g/mol. The third kappa shape index (κ3) is 3.24. The molecule has 1 aromatic rings. The maximum Gasteiger partial charge on any atom is 0.224 e. The number of carbonyl (C=O) groups is 1. The van der Waals surface area contributed by atoms with Gasteiger partial charge in [-0.25, -0.2) is 4.98 Å². The number of aryl methyl sites for hydroxylation is 1. The summed E-state index contributed by atoms with van der Waals surface area (Å²) in [5.41, 5.74) is 0. The number of rotatable bonds is 4. The van der Waals surface area contributed by atoms with Gasteiger partial charge in [0.05, 0.1) is 25.9 Å². The first kappa shape index (κ1) is 12.0. The third-order valence-corrected chi connectivity index (χ3v) is 2.72. The number of hydrogen-bond acceptors (Lipinski definition) is 5. The molecule has 1 atom stereocenters. The van der Waals surface area contributed by atoms with Crippen LogP contribution in [0.1, 0.15) is 6.42 Å². The fourth-order valence-electron chi connectivity index (χ4n) is 1.77. The number of ether oxygens (including phenoxy) is 1. The van der Waals surface area contributed by atoms with Gasteiger partial charge in [-0.2, -0.15) is 5.10 Å². The van der Waals surface area contributed by atoms with E-state index in [4.69, 9.17) is 9.84 Å². The smallest absolute Gasteiger partial charge is 0.224 e. The van der Waals surface area contributed by atoms with Crippen LogP contribution in [-0.4, -0.2) is 63.1 Å². The Kier molecular flexibility index (Phi) is 4.05. The highest BCUT2D eigenvalue weighted by Crippen LogP contribution is 2.06. The second kappa shape index (κ2) is 5.74. The molecule has 7 heteroatoms. The van der Waals surface area contributed by atoms with E-state index in [2.05, 4.69) is 10.1 Å². The lowest BCUT2D eigenvalue weighted by Gasteiger charge is -2.32. The summed E-state index contributed by atoms with van der Waals surface area (Å²) in [6, 6.07) is 0. The highest BCUT2D eigenvalue weighted by molar-refractivity contribution is 5.76. The standard InChI is InChI=1S/C10H16N4O3/c15-6-9-5-13(3-4-17-9)10(16)1-2-14-8-11-7-12-14/h7-9,15H,1-6H2. The van der Waals surface area contributed by atoms with Gasteiger partial charge in [0, 0.05) is 19.5 Å². The van der Waals surface area contributed by atoms with Gasteiger partial charge in [-0.3, -0.25) is 9.48 Å². The zero-order chi connectivity index (χ0) is 12.1. The molecule has 1 aliphatic rings. The van der Waals surface area contributed by atoms with Crippen LogP contribution < -0.4 is 0 Å². The van der Waals surface area contributed by atoms with E-state index in [1.54, 1.807) is 15.9 Å².